The van der Waals surface area contributed by atoms with E-state index in [-0.39, 0.29) is 34.6 Å². The van der Waals surface area contributed by atoms with Gasteiger partial charge in [-0.15, -0.1) is 6.58 Å². The van der Waals surface area contributed by atoms with E-state index in [2.05, 4.69) is 23.1 Å². The van der Waals surface area contributed by atoms with Gasteiger partial charge in [0.25, 0.3) is 6.47 Å². The van der Waals surface area contributed by atoms with Crippen molar-refractivity contribution in [1.82, 2.24) is 0 Å². The van der Waals surface area contributed by atoms with Crippen LogP contribution in [-0.2, 0) is 19.2 Å². The molecule has 0 unspecified atom stereocenters. The third-order valence-electron chi connectivity index (χ3n) is 3.31. The van der Waals surface area contributed by atoms with E-state index in [1.165, 1.54) is 43.9 Å². The predicted molar refractivity (Wildman–Crippen MR) is 161 cm³/mol. The summed E-state index contributed by atoms with van der Waals surface area (Å²) >= 11 is 9.21. The third-order valence-corrected chi connectivity index (χ3v) is 6.00. The molecule has 0 atom stereocenters. The summed E-state index contributed by atoms with van der Waals surface area (Å²) in [7, 11) is 0. The van der Waals surface area contributed by atoms with Gasteiger partial charge >= 0.3 is 26.4 Å². The number of allylic oxidation sites excluding steroid dienone is 1. The van der Waals surface area contributed by atoms with Crippen LogP contribution in [0.25, 0.3) is 0 Å². The summed E-state index contributed by atoms with van der Waals surface area (Å²) in [6, 6.07) is 0. The molecule has 35 heavy (non-hydrogen) atoms. The Morgan fingerprint density at radius 1 is 1.09 bits per heavy atom. The number of hydrogen-bond acceptors (Lipinski definition) is 9. The van der Waals surface area contributed by atoms with Gasteiger partial charge in [-0.05, 0) is 41.0 Å². The summed E-state index contributed by atoms with van der Waals surface area (Å²) in [6.07, 6.45) is 9.16. The first kappa shape index (κ1) is 51.4. The van der Waals surface area contributed by atoms with E-state index in [0.717, 1.165) is 18.2 Å². The summed E-state index contributed by atoms with van der Waals surface area (Å²) in [5.41, 5.74) is 0. The number of unbranched alkanes of at least 4 members (excludes halogenated alkanes) is 5. The summed E-state index contributed by atoms with van der Waals surface area (Å²) in [4.78, 5) is 24.7. The SMILES string of the molecule is C.C.C=CC.CC(C)(COO)SC(=S)SC(C)(C)C(=O)O.CCCCCCCCOC=O.[B].[NH]=[Al]. The van der Waals surface area contributed by atoms with E-state index in [1.54, 1.807) is 36.0 Å². The molecule has 0 heterocycles. The zero-order valence-corrected chi connectivity index (χ0v) is 24.5. The molecular weight excluding hydrogens is 520 g/mol. The number of thioether (sulfide) groups is 2. The van der Waals surface area contributed by atoms with Crippen molar-refractivity contribution in [1.29, 1.82) is 4.35 Å². The zero-order chi connectivity index (χ0) is 26.1. The van der Waals surface area contributed by atoms with E-state index in [4.69, 9.17) is 26.9 Å². The van der Waals surface area contributed by atoms with E-state index in [1.807, 2.05) is 20.8 Å². The first-order chi connectivity index (χ1) is 14.9. The number of carboxylic acids is 1. The van der Waals surface area contributed by atoms with Crippen LogP contribution < -0.4 is 0 Å². The van der Waals surface area contributed by atoms with Crippen LogP contribution in [0.3, 0.4) is 0 Å². The Hall–Kier alpha value is -0.213. The fourth-order valence-electron chi connectivity index (χ4n) is 1.70. The van der Waals surface area contributed by atoms with Crippen LogP contribution in [0, 0.1) is 4.35 Å². The Kier molecular flexibility index (Phi) is 52.8. The van der Waals surface area contributed by atoms with Gasteiger partial charge in [-0.1, -0.05) is 95.7 Å². The van der Waals surface area contributed by atoms with Crippen molar-refractivity contribution >= 4 is 76.2 Å². The fraction of sp³-hybridized carbons (Fsp3) is 0.783. The van der Waals surface area contributed by atoms with Crippen molar-refractivity contribution < 1.29 is 29.6 Å². The number of hydrogen-bond donors (Lipinski definition) is 3. The van der Waals surface area contributed by atoms with E-state index < -0.39 is 10.7 Å². The molecule has 0 rings (SSSR count). The molecule has 0 aliphatic heterocycles. The standard InChI is InChI=1S/C9H16O4S3.C9H18O2.C3H6.2CH4.Al.B.HN/c1-8(2,5-13-12)15-7(14)16-9(3,4)6(10)11;1-2-3-4-5-6-7-8-11-9-10;1-3-2;;;;;/h12H,5H2,1-4H3,(H,10,11);9H,2-8H2,1H3;3H,1H2,2H3;2*1H4;;;1H. The second-order valence-corrected chi connectivity index (χ2v) is 12.0. The number of ether oxygens (including phenoxy) is 1. The number of carbonyl (C=O) groups excluding carboxylic acids is 1. The number of rotatable bonds is 13. The van der Waals surface area contributed by atoms with E-state index in [0.29, 0.717) is 16.6 Å². The van der Waals surface area contributed by atoms with E-state index >= 15 is 0 Å². The van der Waals surface area contributed by atoms with Crippen molar-refractivity contribution in [2.45, 2.75) is 104 Å². The molecular formula is C23H49AlBNO6S3. The minimum atomic E-state index is -0.944. The Labute approximate surface area is 239 Å². The van der Waals surface area contributed by atoms with Gasteiger partial charge in [0.2, 0.25) is 0 Å². The first-order valence-corrected chi connectivity index (χ1v) is 12.9. The molecule has 3 N–H and O–H groups in total. The van der Waals surface area contributed by atoms with Crippen molar-refractivity contribution in [3.05, 3.63) is 12.7 Å². The average Bonchev–Trinajstić information content (AvgIpc) is 2.69. The molecule has 0 amide bonds. The van der Waals surface area contributed by atoms with Crippen LogP contribution in [0.2, 0.25) is 0 Å². The quantitative estimate of drug-likeness (QED) is 0.0397. The first-order valence-electron chi connectivity index (χ1n) is 10.3. The molecule has 0 saturated carbocycles. The van der Waals surface area contributed by atoms with Crippen LogP contribution in [-0.4, -0.2) is 73.6 Å². The van der Waals surface area contributed by atoms with Gasteiger partial charge in [0, 0.05) is 13.2 Å². The van der Waals surface area contributed by atoms with Gasteiger partial charge in [0.15, 0.2) is 0 Å². The molecule has 12 heteroatoms. The van der Waals surface area contributed by atoms with Gasteiger partial charge in [-0.25, -0.2) is 4.89 Å². The van der Waals surface area contributed by atoms with Crippen molar-refractivity contribution in [2.75, 3.05) is 13.2 Å². The number of thiocarbonyl (C=S) groups is 1. The molecule has 0 bridgehead atoms. The Morgan fingerprint density at radius 2 is 1.51 bits per heavy atom. The molecule has 0 aliphatic carbocycles. The zero-order valence-electron chi connectivity index (χ0n) is 20.9. The number of carbonyl (C=O) groups is 2. The van der Waals surface area contributed by atoms with Crippen LogP contribution in [0.5, 0.6) is 0 Å². The van der Waals surface area contributed by atoms with Crippen LogP contribution >= 0.6 is 35.7 Å². The predicted octanol–water partition coefficient (Wildman–Crippen LogP) is 7.39. The number of carboxylic acid groups (broad SMARTS) is 1. The maximum atomic E-state index is 10.9. The molecule has 0 aliphatic rings. The Morgan fingerprint density at radius 3 is 1.89 bits per heavy atom. The second-order valence-electron chi connectivity index (χ2n) is 7.45. The summed E-state index contributed by atoms with van der Waals surface area (Å²) in [5.74, 6) is -0.906. The van der Waals surface area contributed by atoms with Gasteiger partial charge in [0.1, 0.15) is 8.28 Å². The minimum absolute atomic E-state index is 0. The summed E-state index contributed by atoms with van der Waals surface area (Å²) < 4.78 is 9.42. The fourth-order valence-corrected chi connectivity index (χ4v) is 5.53. The topological polar surface area (TPSA) is 117 Å². The molecule has 0 aromatic heterocycles. The number of aliphatic carboxylic acids is 1. The van der Waals surface area contributed by atoms with Crippen LogP contribution in [0.1, 0.15) is 94.9 Å². The molecule has 4 radical (unpaired) electrons. The normalized spacial score (nSPS) is 9.20. The third kappa shape index (κ3) is 44.2. The molecule has 0 spiro atoms. The second kappa shape index (κ2) is 35.9. The van der Waals surface area contributed by atoms with Gasteiger partial charge in [-0.3, -0.25) is 14.8 Å². The van der Waals surface area contributed by atoms with Crippen molar-refractivity contribution in [3.8, 4) is 0 Å². The van der Waals surface area contributed by atoms with E-state index in [9.17, 15) is 9.59 Å². The van der Waals surface area contributed by atoms with Gasteiger partial charge in [0.05, 0.1) is 13.2 Å². The molecule has 7 nitrogen and oxygen atoms in total. The van der Waals surface area contributed by atoms with Crippen molar-refractivity contribution in [2.24, 2.45) is 0 Å². The van der Waals surface area contributed by atoms with Crippen LogP contribution in [0.15, 0.2) is 12.7 Å². The monoisotopic (exact) mass is 569 g/mol. The molecule has 0 aromatic rings. The van der Waals surface area contributed by atoms with Gasteiger partial charge < -0.3 is 9.84 Å². The molecule has 0 aromatic carbocycles. The average molecular weight is 570 g/mol. The Bertz CT molecular complexity index is 502. The molecule has 206 valence electrons. The Balaban J connectivity index is -0.0000000727. The maximum absolute atomic E-state index is 10.9. The van der Waals surface area contributed by atoms with Crippen LogP contribution in [0.4, 0.5) is 0 Å². The summed E-state index contributed by atoms with van der Waals surface area (Å²) in [5, 5.41) is 17.3. The number of nitrogens with one attached hydrogen (secondary N) is 1. The van der Waals surface area contributed by atoms with Crippen molar-refractivity contribution in [3.63, 3.8) is 0 Å². The molecule has 0 fully saturated rings. The molecule has 0 saturated heterocycles. The summed E-state index contributed by atoms with van der Waals surface area (Å²) in [6.45, 7) is 15.6. The van der Waals surface area contributed by atoms with Gasteiger partial charge in [-0.2, -0.15) is 0 Å².